The average Bonchev–Trinajstić information content (AvgIpc) is 2.41. The monoisotopic (exact) mass is 283 g/mol. The van der Waals surface area contributed by atoms with Gasteiger partial charge in [-0.2, -0.15) is 0 Å². The molecule has 3 heteroatoms. The summed E-state index contributed by atoms with van der Waals surface area (Å²) in [6.07, 6.45) is 14.9. The zero-order valence-electron chi connectivity index (χ0n) is 13.3. The number of hydrogen-bond donors (Lipinski definition) is 2. The quantitative estimate of drug-likeness (QED) is 0.533. The minimum absolute atomic E-state index is 0.105. The second-order valence-corrected chi connectivity index (χ2v) is 6.43. The maximum absolute atomic E-state index is 11.6. The van der Waals surface area contributed by atoms with Crippen LogP contribution in [0.1, 0.15) is 90.4 Å². The van der Waals surface area contributed by atoms with E-state index in [1.54, 1.807) is 0 Å². The minimum atomic E-state index is -0.589. The van der Waals surface area contributed by atoms with Gasteiger partial charge in [-0.05, 0) is 25.7 Å². The summed E-state index contributed by atoms with van der Waals surface area (Å²) in [5.74, 6) is 0.105. The lowest BCUT2D eigenvalue weighted by Crippen LogP contribution is -2.47. The van der Waals surface area contributed by atoms with Gasteiger partial charge in [0.25, 0.3) is 0 Å². The molecular formula is C17H33NO2. The summed E-state index contributed by atoms with van der Waals surface area (Å²) in [6.45, 7) is 2.69. The highest BCUT2D eigenvalue weighted by Gasteiger charge is 2.34. The second kappa shape index (κ2) is 10.2. The predicted molar refractivity (Wildman–Crippen MR) is 83.7 cm³/mol. The zero-order valence-corrected chi connectivity index (χ0v) is 13.3. The maximum Gasteiger partial charge on any atom is 0.220 e. The molecule has 1 aliphatic rings. The standard InChI is InChI=1S/C17H33NO2/c1-2-3-4-5-6-7-8-9-10-12-16(19)18-15-17(20)13-11-14-17/h20H,2-15H2,1H3,(H,18,19). The molecule has 0 aromatic heterocycles. The first-order valence-corrected chi connectivity index (χ1v) is 8.65. The van der Waals surface area contributed by atoms with Crippen molar-refractivity contribution in [1.82, 2.24) is 5.32 Å². The molecule has 1 saturated carbocycles. The summed E-state index contributed by atoms with van der Waals surface area (Å²) < 4.78 is 0. The third-order valence-electron chi connectivity index (χ3n) is 4.41. The normalized spacial score (nSPS) is 16.7. The first kappa shape index (κ1) is 17.5. The van der Waals surface area contributed by atoms with Gasteiger partial charge >= 0.3 is 0 Å². The molecule has 0 saturated heterocycles. The molecule has 20 heavy (non-hydrogen) atoms. The molecule has 0 atom stereocenters. The number of aliphatic hydroxyl groups is 1. The summed E-state index contributed by atoms with van der Waals surface area (Å²) in [6, 6.07) is 0. The maximum atomic E-state index is 11.6. The Kier molecular flexibility index (Phi) is 8.92. The summed E-state index contributed by atoms with van der Waals surface area (Å²) >= 11 is 0. The van der Waals surface area contributed by atoms with Gasteiger partial charge in [0.15, 0.2) is 0 Å². The van der Waals surface area contributed by atoms with Gasteiger partial charge in [0.05, 0.1) is 5.60 Å². The van der Waals surface area contributed by atoms with Crippen molar-refractivity contribution in [2.45, 2.75) is 96.0 Å². The van der Waals surface area contributed by atoms with E-state index in [2.05, 4.69) is 12.2 Å². The van der Waals surface area contributed by atoms with Crippen LogP contribution < -0.4 is 5.32 Å². The molecule has 3 nitrogen and oxygen atoms in total. The fraction of sp³-hybridized carbons (Fsp3) is 0.941. The Morgan fingerprint density at radius 3 is 2.05 bits per heavy atom. The summed E-state index contributed by atoms with van der Waals surface area (Å²) in [5, 5.41) is 12.7. The van der Waals surface area contributed by atoms with Crippen molar-refractivity contribution >= 4 is 5.91 Å². The van der Waals surface area contributed by atoms with Gasteiger partial charge in [-0.3, -0.25) is 4.79 Å². The minimum Gasteiger partial charge on any atom is -0.388 e. The van der Waals surface area contributed by atoms with Crippen LogP contribution in [0.2, 0.25) is 0 Å². The molecule has 1 fully saturated rings. The van der Waals surface area contributed by atoms with E-state index in [1.165, 1.54) is 44.9 Å². The molecule has 0 aromatic rings. The molecule has 1 aliphatic carbocycles. The number of nitrogens with one attached hydrogen (secondary N) is 1. The molecule has 0 radical (unpaired) electrons. The Hall–Kier alpha value is -0.570. The predicted octanol–water partition coefficient (Wildman–Crippen LogP) is 3.94. The molecule has 0 unspecified atom stereocenters. The van der Waals surface area contributed by atoms with Crippen LogP contribution in [0.5, 0.6) is 0 Å². The van der Waals surface area contributed by atoms with Crippen LogP contribution in [0, 0.1) is 0 Å². The molecule has 2 N–H and O–H groups in total. The van der Waals surface area contributed by atoms with E-state index in [0.717, 1.165) is 32.1 Å². The third kappa shape index (κ3) is 7.88. The van der Waals surface area contributed by atoms with Crippen molar-refractivity contribution < 1.29 is 9.90 Å². The van der Waals surface area contributed by atoms with Crippen LogP contribution in [-0.4, -0.2) is 23.2 Å². The molecule has 118 valence electrons. The SMILES string of the molecule is CCCCCCCCCCCC(=O)NCC1(O)CCC1. The Morgan fingerprint density at radius 2 is 1.55 bits per heavy atom. The Bertz CT molecular complexity index is 262. The van der Waals surface area contributed by atoms with E-state index in [9.17, 15) is 9.90 Å². The lowest BCUT2D eigenvalue weighted by Gasteiger charge is -2.36. The number of carbonyl (C=O) groups is 1. The highest BCUT2D eigenvalue weighted by molar-refractivity contribution is 5.75. The van der Waals surface area contributed by atoms with Gasteiger partial charge < -0.3 is 10.4 Å². The molecular weight excluding hydrogens is 250 g/mol. The van der Waals surface area contributed by atoms with E-state index in [0.29, 0.717) is 13.0 Å². The zero-order chi connectivity index (χ0) is 14.7. The number of rotatable bonds is 12. The molecule has 0 bridgehead atoms. The van der Waals surface area contributed by atoms with Crippen LogP contribution >= 0.6 is 0 Å². The first-order valence-electron chi connectivity index (χ1n) is 8.65. The van der Waals surface area contributed by atoms with Gasteiger partial charge in [0.1, 0.15) is 0 Å². The second-order valence-electron chi connectivity index (χ2n) is 6.43. The van der Waals surface area contributed by atoms with Gasteiger partial charge in [0, 0.05) is 13.0 Å². The van der Waals surface area contributed by atoms with Crippen molar-refractivity contribution in [2.24, 2.45) is 0 Å². The number of carbonyl (C=O) groups excluding carboxylic acids is 1. The molecule has 1 rings (SSSR count). The number of amides is 1. The van der Waals surface area contributed by atoms with Crippen LogP contribution in [0.3, 0.4) is 0 Å². The topological polar surface area (TPSA) is 49.3 Å². The molecule has 0 aromatic carbocycles. The molecule has 0 aliphatic heterocycles. The molecule has 0 heterocycles. The van der Waals surface area contributed by atoms with Crippen LogP contribution in [0.4, 0.5) is 0 Å². The lowest BCUT2D eigenvalue weighted by molar-refractivity contribution is -0.123. The third-order valence-corrected chi connectivity index (χ3v) is 4.41. The molecule has 1 amide bonds. The van der Waals surface area contributed by atoms with Gasteiger partial charge in [0.2, 0.25) is 5.91 Å². The van der Waals surface area contributed by atoms with E-state index < -0.39 is 5.60 Å². The van der Waals surface area contributed by atoms with Crippen molar-refractivity contribution in [3.05, 3.63) is 0 Å². The fourth-order valence-electron chi connectivity index (χ4n) is 2.71. The van der Waals surface area contributed by atoms with E-state index in [4.69, 9.17) is 0 Å². The fourth-order valence-corrected chi connectivity index (χ4v) is 2.71. The number of hydrogen-bond acceptors (Lipinski definition) is 2. The van der Waals surface area contributed by atoms with Crippen molar-refractivity contribution in [3.63, 3.8) is 0 Å². The summed E-state index contributed by atoms with van der Waals surface area (Å²) in [7, 11) is 0. The van der Waals surface area contributed by atoms with Gasteiger partial charge in [-0.15, -0.1) is 0 Å². The van der Waals surface area contributed by atoms with E-state index in [1.807, 2.05) is 0 Å². The lowest BCUT2D eigenvalue weighted by atomic mass is 9.80. The number of unbranched alkanes of at least 4 members (excludes halogenated alkanes) is 8. The first-order chi connectivity index (χ1) is 9.66. The largest absolute Gasteiger partial charge is 0.388 e. The molecule has 0 spiro atoms. The van der Waals surface area contributed by atoms with Crippen LogP contribution in [0.25, 0.3) is 0 Å². The van der Waals surface area contributed by atoms with Crippen molar-refractivity contribution in [1.29, 1.82) is 0 Å². The smallest absolute Gasteiger partial charge is 0.220 e. The highest BCUT2D eigenvalue weighted by atomic mass is 16.3. The average molecular weight is 283 g/mol. The Morgan fingerprint density at radius 1 is 1.00 bits per heavy atom. The van der Waals surface area contributed by atoms with E-state index >= 15 is 0 Å². The summed E-state index contributed by atoms with van der Waals surface area (Å²) in [5.41, 5.74) is -0.589. The Balaban J connectivity index is 1.82. The van der Waals surface area contributed by atoms with Gasteiger partial charge in [-0.1, -0.05) is 58.3 Å². The van der Waals surface area contributed by atoms with Gasteiger partial charge in [-0.25, -0.2) is 0 Å². The van der Waals surface area contributed by atoms with Crippen molar-refractivity contribution in [2.75, 3.05) is 6.54 Å². The summed E-state index contributed by atoms with van der Waals surface area (Å²) in [4.78, 5) is 11.6. The Labute approximate surface area is 124 Å². The van der Waals surface area contributed by atoms with Crippen LogP contribution in [-0.2, 0) is 4.79 Å². The van der Waals surface area contributed by atoms with Crippen LogP contribution in [0.15, 0.2) is 0 Å². The van der Waals surface area contributed by atoms with E-state index in [-0.39, 0.29) is 5.91 Å². The highest BCUT2D eigenvalue weighted by Crippen LogP contribution is 2.30. The van der Waals surface area contributed by atoms with Crippen molar-refractivity contribution in [3.8, 4) is 0 Å².